The number of benzene rings is 4. The molecule has 0 saturated carbocycles. The second-order valence-electron chi connectivity index (χ2n) is 12.7. The number of carbonyl (C=O) groups excluding carboxylic acids is 6. The largest absolute Gasteiger partial charge is 0.287 e. The molecule has 0 atom stereocenters. The van der Waals surface area contributed by atoms with Crippen LogP contribution in [0.3, 0.4) is 0 Å². The molecule has 2 N–H and O–H groups in total. The number of imide groups is 2. The smallest absolute Gasteiger partial charge is 0.261 e. The highest BCUT2D eigenvalue weighted by Crippen LogP contribution is 2.36. The van der Waals surface area contributed by atoms with Gasteiger partial charge in [0, 0.05) is 46.5 Å². The molecule has 4 aliphatic rings. The van der Waals surface area contributed by atoms with Gasteiger partial charge in [0.2, 0.25) is 11.6 Å². The average molecular weight is 715 g/mol. The molecule has 8 rings (SSSR count). The van der Waals surface area contributed by atoms with Crippen molar-refractivity contribution in [3.63, 3.8) is 0 Å². The van der Waals surface area contributed by atoms with E-state index in [0.717, 1.165) is 20.9 Å². The molecule has 4 aromatic carbocycles. The van der Waals surface area contributed by atoms with E-state index < -0.39 is 23.6 Å². The molecule has 2 aliphatic heterocycles. The van der Waals surface area contributed by atoms with Gasteiger partial charge in [-0.15, -0.1) is 0 Å². The second-order valence-corrected chi connectivity index (χ2v) is 12.7. The van der Waals surface area contributed by atoms with E-state index in [-0.39, 0.29) is 58.4 Å². The van der Waals surface area contributed by atoms with Crippen molar-refractivity contribution in [2.45, 2.75) is 13.8 Å². The lowest BCUT2D eigenvalue weighted by atomic mass is 9.82. The number of carbonyl (C=O) groups is 6. The molecule has 0 saturated heterocycles. The standard InChI is InChI=1S/C42H30N6O6/c1-3-47-39(51)29-9-5-7-27-35(29)31(41(47)53)21-33(37(27)49)45-43-25-17-13-23(14-18-25)11-12-24-15-19-26(20-16-24)44-46-34-22-32-36-28(38(34)50)8-6-10-30(36)40(52)48(4-2)42(32)54/h5-22,43-44H,3-4H2,1-2H3/b12-11+,45-33?,46-34?. The molecular weight excluding hydrogens is 684 g/mol. The number of nitrogens with zero attached hydrogens (tertiary/aromatic N) is 4. The van der Waals surface area contributed by atoms with E-state index >= 15 is 0 Å². The fraction of sp³-hybridized carbons (Fsp3) is 0.0952. The van der Waals surface area contributed by atoms with Gasteiger partial charge in [-0.25, -0.2) is 0 Å². The Bertz CT molecular complexity index is 2350. The van der Waals surface area contributed by atoms with Gasteiger partial charge < -0.3 is 0 Å². The van der Waals surface area contributed by atoms with Crippen molar-refractivity contribution in [2.75, 3.05) is 23.9 Å². The van der Waals surface area contributed by atoms with Crippen LogP contribution in [0.1, 0.15) is 77.5 Å². The number of Topliss-reactive ketones (excluding diaryl/α,β-unsaturated/α-hetero) is 2. The van der Waals surface area contributed by atoms with Gasteiger partial charge in [-0.1, -0.05) is 60.7 Å². The molecule has 0 spiro atoms. The summed E-state index contributed by atoms with van der Waals surface area (Å²) in [5.41, 5.74) is 11.5. The Labute approximate surface area is 308 Å². The van der Waals surface area contributed by atoms with Crippen molar-refractivity contribution in [3.05, 3.63) is 142 Å². The minimum absolute atomic E-state index is 0.0633. The lowest BCUT2D eigenvalue weighted by Gasteiger charge is -2.30. The van der Waals surface area contributed by atoms with Gasteiger partial charge in [0.25, 0.3) is 23.6 Å². The van der Waals surface area contributed by atoms with E-state index in [1.807, 2.05) is 60.7 Å². The lowest BCUT2D eigenvalue weighted by molar-refractivity contribution is -0.123. The van der Waals surface area contributed by atoms with Crippen LogP contribution in [0, 0.1) is 0 Å². The summed E-state index contributed by atoms with van der Waals surface area (Å²) in [5.74, 6) is -2.50. The predicted molar refractivity (Wildman–Crippen MR) is 205 cm³/mol. The zero-order valence-electron chi connectivity index (χ0n) is 29.0. The molecule has 2 aliphatic carbocycles. The number of hydrogen-bond acceptors (Lipinski definition) is 10. The van der Waals surface area contributed by atoms with E-state index in [1.165, 1.54) is 12.2 Å². The van der Waals surface area contributed by atoms with Crippen molar-refractivity contribution in [3.8, 4) is 0 Å². The molecule has 0 fully saturated rings. The number of amides is 4. The van der Waals surface area contributed by atoms with Crippen molar-refractivity contribution in [1.29, 1.82) is 0 Å². The van der Waals surface area contributed by atoms with Crippen LogP contribution in [0.2, 0.25) is 0 Å². The SMILES string of the molecule is CCN1C(=O)C2=CC(=NNc3ccc(/C=C/c4ccc(NN=C5C=C6C(=O)N(CC)C(=O)c7cccc(c76)C5=O)cc4)cc3)C(=O)c3cccc(c32)C1=O. The van der Waals surface area contributed by atoms with Crippen LogP contribution in [-0.4, -0.2) is 69.5 Å². The van der Waals surface area contributed by atoms with Crippen LogP contribution < -0.4 is 10.9 Å². The van der Waals surface area contributed by atoms with Gasteiger partial charge in [-0.2, -0.15) is 10.2 Å². The monoisotopic (exact) mass is 714 g/mol. The summed E-state index contributed by atoms with van der Waals surface area (Å²) in [6, 6.07) is 24.5. The Morgan fingerprint density at radius 1 is 0.500 bits per heavy atom. The molecule has 12 nitrogen and oxygen atoms in total. The first-order chi connectivity index (χ1) is 26.2. The van der Waals surface area contributed by atoms with E-state index in [4.69, 9.17) is 0 Å². The molecule has 4 aromatic rings. The van der Waals surface area contributed by atoms with Gasteiger partial charge in [0.15, 0.2) is 0 Å². The third-order valence-corrected chi connectivity index (χ3v) is 9.62. The number of allylic oxidation sites excluding steroid dienone is 2. The highest BCUT2D eigenvalue weighted by Gasteiger charge is 2.41. The number of rotatable bonds is 8. The van der Waals surface area contributed by atoms with Gasteiger partial charge in [-0.05, 0) is 73.5 Å². The first kappa shape index (κ1) is 33.8. The summed E-state index contributed by atoms with van der Waals surface area (Å²) in [4.78, 5) is 80.7. The Morgan fingerprint density at radius 2 is 0.870 bits per heavy atom. The fourth-order valence-corrected chi connectivity index (χ4v) is 6.87. The first-order valence-corrected chi connectivity index (χ1v) is 17.3. The molecule has 0 bridgehead atoms. The van der Waals surface area contributed by atoms with Gasteiger partial charge in [0.1, 0.15) is 11.4 Å². The van der Waals surface area contributed by atoms with Crippen LogP contribution in [0.15, 0.2) is 107 Å². The summed E-state index contributed by atoms with van der Waals surface area (Å²) >= 11 is 0. The lowest BCUT2D eigenvalue weighted by Crippen LogP contribution is -2.43. The number of ketones is 2. The molecular formula is C42H30N6O6. The first-order valence-electron chi connectivity index (χ1n) is 17.3. The topological polar surface area (TPSA) is 158 Å². The maximum absolute atomic E-state index is 13.3. The normalized spacial score (nSPS) is 17.6. The summed E-state index contributed by atoms with van der Waals surface area (Å²) < 4.78 is 0. The van der Waals surface area contributed by atoms with Crippen LogP contribution >= 0.6 is 0 Å². The van der Waals surface area contributed by atoms with Gasteiger partial charge >= 0.3 is 0 Å². The summed E-state index contributed by atoms with van der Waals surface area (Å²) in [6.07, 6.45) is 6.74. The zero-order chi connectivity index (χ0) is 37.7. The third-order valence-electron chi connectivity index (χ3n) is 9.62. The van der Waals surface area contributed by atoms with Crippen molar-refractivity contribution >= 4 is 81.3 Å². The molecule has 12 heteroatoms. The van der Waals surface area contributed by atoms with E-state index in [9.17, 15) is 28.8 Å². The van der Waals surface area contributed by atoms with Crippen molar-refractivity contribution in [2.24, 2.45) is 10.2 Å². The number of anilines is 2. The van der Waals surface area contributed by atoms with Gasteiger partial charge in [-0.3, -0.25) is 49.4 Å². The predicted octanol–water partition coefficient (Wildman–Crippen LogP) is 5.96. The van der Waals surface area contributed by atoms with E-state index in [1.54, 1.807) is 50.2 Å². The fourth-order valence-electron chi connectivity index (χ4n) is 6.87. The van der Waals surface area contributed by atoms with Gasteiger partial charge in [0.05, 0.1) is 22.5 Å². The Hall–Kier alpha value is -7.34. The summed E-state index contributed by atoms with van der Waals surface area (Å²) in [6.45, 7) is 3.87. The summed E-state index contributed by atoms with van der Waals surface area (Å²) in [5, 5.41) is 8.62. The van der Waals surface area contributed by atoms with E-state index in [2.05, 4.69) is 21.1 Å². The highest BCUT2D eigenvalue weighted by atomic mass is 16.2. The van der Waals surface area contributed by atoms with Crippen molar-refractivity contribution < 1.29 is 28.8 Å². The quantitative estimate of drug-likeness (QED) is 0.129. The second kappa shape index (κ2) is 13.3. The van der Waals surface area contributed by atoms with E-state index in [0.29, 0.717) is 33.6 Å². The minimum atomic E-state index is -0.455. The molecule has 2 heterocycles. The molecule has 4 amide bonds. The van der Waals surface area contributed by atoms with Crippen LogP contribution in [0.5, 0.6) is 0 Å². The Balaban J connectivity index is 0.931. The number of hydrazone groups is 2. The van der Waals surface area contributed by atoms with Crippen LogP contribution in [0.25, 0.3) is 23.3 Å². The molecule has 264 valence electrons. The molecule has 0 unspecified atom stereocenters. The average Bonchev–Trinajstić information content (AvgIpc) is 3.19. The van der Waals surface area contributed by atoms with Crippen LogP contribution in [-0.2, 0) is 9.59 Å². The Morgan fingerprint density at radius 3 is 1.24 bits per heavy atom. The Kier molecular flexibility index (Phi) is 8.34. The third kappa shape index (κ3) is 5.57. The van der Waals surface area contributed by atoms with Crippen molar-refractivity contribution in [1.82, 2.24) is 9.80 Å². The number of likely N-dealkylation sites (N-methyl/N-ethyl adjacent to an activating group) is 2. The molecule has 54 heavy (non-hydrogen) atoms. The number of hydrogen-bond donors (Lipinski definition) is 2. The maximum atomic E-state index is 13.3. The minimum Gasteiger partial charge on any atom is -0.287 e. The van der Waals surface area contributed by atoms with Crippen LogP contribution in [0.4, 0.5) is 11.4 Å². The zero-order valence-corrected chi connectivity index (χ0v) is 29.0. The highest BCUT2D eigenvalue weighted by molar-refractivity contribution is 6.57. The number of nitrogens with one attached hydrogen (secondary N) is 2. The summed E-state index contributed by atoms with van der Waals surface area (Å²) in [7, 11) is 0. The molecule has 0 radical (unpaired) electrons. The molecule has 0 aromatic heterocycles. The maximum Gasteiger partial charge on any atom is 0.261 e.